The fourth-order valence-electron chi connectivity index (χ4n) is 5.18. The van der Waals surface area contributed by atoms with Gasteiger partial charge in [-0.3, -0.25) is 9.59 Å². The summed E-state index contributed by atoms with van der Waals surface area (Å²) >= 11 is 0. The van der Waals surface area contributed by atoms with Crippen molar-refractivity contribution in [3.05, 3.63) is 12.2 Å². The van der Waals surface area contributed by atoms with Crippen molar-refractivity contribution in [1.29, 1.82) is 0 Å². The summed E-state index contributed by atoms with van der Waals surface area (Å²) in [6, 6.07) is 0. The maximum Gasteiger partial charge on any atom is 0.305 e. The first kappa shape index (κ1) is 35.5. The van der Waals surface area contributed by atoms with Gasteiger partial charge in [0.05, 0.1) is 18.3 Å². The molecule has 1 fully saturated rings. The monoisotopic (exact) mass is 556 g/mol. The van der Waals surface area contributed by atoms with Crippen molar-refractivity contribution in [2.75, 3.05) is 13.2 Å². The number of carbonyl (C=O) groups is 2. The molecule has 228 valence electrons. The van der Waals surface area contributed by atoms with Crippen LogP contribution in [-0.2, 0) is 19.1 Å². The van der Waals surface area contributed by atoms with Crippen LogP contribution in [0, 0.1) is 11.8 Å². The standard InChI is InChI=1S/C31H56O8/c1-3-5-7-8-13-17-30(36)38-22-25(33)23-39-31(37)18-14-10-9-12-16-26-27(29(35)21-28(26)34)20-19-24(32)15-11-6-4-2/h19-20,24-29,32-35H,3-18,21-23H2,1-2H3/b20-19+/t24-,25+,26+,27+,28-,29+/m0/s1. The summed E-state index contributed by atoms with van der Waals surface area (Å²) < 4.78 is 10.1. The van der Waals surface area contributed by atoms with Crippen LogP contribution in [0.3, 0.4) is 0 Å². The Bertz CT molecular complexity index is 667. The van der Waals surface area contributed by atoms with Gasteiger partial charge in [-0.25, -0.2) is 0 Å². The molecule has 0 spiro atoms. The number of ether oxygens (including phenoxy) is 2. The molecule has 0 bridgehead atoms. The number of aliphatic hydroxyl groups excluding tert-OH is 4. The van der Waals surface area contributed by atoms with Gasteiger partial charge in [-0.15, -0.1) is 0 Å². The molecule has 1 aliphatic rings. The van der Waals surface area contributed by atoms with Crippen LogP contribution in [0.25, 0.3) is 0 Å². The highest BCUT2D eigenvalue weighted by atomic mass is 16.6. The van der Waals surface area contributed by atoms with E-state index in [2.05, 4.69) is 13.8 Å². The Morgan fingerprint density at radius 2 is 1.31 bits per heavy atom. The van der Waals surface area contributed by atoms with Crippen LogP contribution in [0.15, 0.2) is 12.2 Å². The minimum atomic E-state index is -1.02. The Morgan fingerprint density at radius 3 is 1.90 bits per heavy atom. The van der Waals surface area contributed by atoms with Crippen LogP contribution >= 0.6 is 0 Å². The first-order valence-corrected chi connectivity index (χ1v) is 15.5. The largest absolute Gasteiger partial charge is 0.463 e. The number of unbranched alkanes of at least 4 members (excludes halogenated alkanes) is 9. The van der Waals surface area contributed by atoms with Crippen molar-refractivity contribution in [2.24, 2.45) is 11.8 Å². The molecule has 0 aromatic rings. The van der Waals surface area contributed by atoms with Gasteiger partial charge in [0.25, 0.3) is 0 Å². The normalized spacial score (nSPS) is 22.7. The molecule has 1 rings (SSSR count). The molecule has 1 aliphatic carbocycles. The zero-order chi connectivity index (χ0) is 28.9. The number of aliphatic hydroxyl groups is 4. The second-order valence-corrected chi connectivity index (χ2v) is 11.2. The SMILES string of the molecule is CCCCCCCC(=O)OC[C@@H](O)COC(=O)CCCCCC[C@@H]1[C@@H](/C=C/[C@@H](O)CCCCC)[C@H](O)C[C@@H]1O. The van der Waals surface area contributed by atoms with Gasteiger partial charge in [0.1, 0.15) is 19.3 Å². The summed E-state index contributed by atoms with van der Waals surface area (Å²) in [6.07, 6.45) is 15.2. The van der Waals surface area contributed by atoms with E-state index in [1.165, 1.54) is 6.42 Å². The lowest BCUT2D eigenvalue weighted by Gasteiger charge is -2.21. The third-order valence-electron chi connectivity index (χ3n) is 7.60. The first-order chi connectivity index (χ1) is 18.8. The van der Waals surface area contributed by atoms with E-state index >= 15 is 0 Å². The quantitative estimate of drug-likeness (QED) is 0.0786. The molecule has 0 radical (unpaired) electrons. The molecule has 0 aliphatic heterocycles. The molecule has 0 unspecified atom stereocenters. The first-order valence-electron chi connectivity index (χ1n) is 15.5. The molecule has 0 aromatic heterocycles. The van der Waals surface area contributed by atoms with E-state index in [1.54, 1.807) is 6.08 Å². The number of carbonyl (C=O) groups excluding carboxylic acids is 2. The second kappa shape index (κ2) is 22.2. The van der Waals surface area contributed by atoms with Crippen molar-refractivity contribution >= 4 is 11.9 Å². The van der Waals surface area contributed by atoms with E-state index < -0.39 is 24.4 Å². The van der Waals surface area contributed by atoms with Gasteiger partial charge in [0.2, 0.25) is 0 Å². The molecule has 8 nitrogen and oxygen atoms in total. The highest BCUT2D eigenvalue weighted by Gasteiger charge is 2.39. The fraction of sp³-hybridized carbons (Fsp3) is 0.871. The highest BCUT2D eigenvalue weighted by Crippen LogP contribution is 2.37. The zero-order valence-corrected chi connectivity index (χ0v) is 24.5. The summed E-state index contributed by atoms with van der Waals surface area (Å²) in [6.45, 7) is 3.91. The van der Waals surface area contributed by atoms with Crippen LogP contribution in [0.4, 0.5) is 0 Å². The van der Waals surface area contributed by atoms with Crippen molar-refractivity contribution in [2.45, 2.75) is 147 Å². The van der Waals surface area contributed by atoms with Crippen LogP contribution < -0.4 is 0 Å². The van der Waals surface area contributed by atoms with Gasteiger partial charge in [-0.05, 0) is 31.6 Å². The molecule has 4 N–H and O–H groups in total. The number of esters is 2. The summed E-state index contributed by atoms with van der Waals surface area (Å²) in [5, 5.41) is 40.9. The predicted octanol–water partition coefficient (Wildman–Crippen LogP) is 4.99. The smallest absolute Gasteiger partial charge is 0.305 e. The Balaban J connectivity index is 2.15. The second-order valence-electron chi connectivity index (χ2n) is 11.2. The minimum Gasteiger partial charge on any atom is -0.463 e. The molecular formula is C31H56O8. The van der Waals surface area contributed by atoms with Crippen LogP contribution in [0.5, 0.6) is 0 Å². The van der Waals surface area contributed by atoms with E-state index in [9.17, 15) is 30.0 Å². The van der Waals surface area contributed by atoms with Crippen molar-refractivity contribution in [1.82, 2.24) is 0 Å². The van der Waals surface area contributed by atoms with E-state index in [0.717, 1.165) is 70.6 Å². The summed E-state index contributed by atoms with van der Waals surface area (Å²) in [7, 11) is 0. The topological polar surface area (TPSA) is 134 Å². The average Bonchev–Trinajstić information content (AvgIpc) is 3.18. The van der Waals surface area contributed by atoms with Crippen molar-refractivity contribution < 1.29 is 39.5 Å². The third-order valence-corrected chi connectivity index (χ3v) is 7.60. The van der Waals surface area contributed by atoms with E-state index in [1.807, 2.05) is 6.08 Å². The fourth-order valence-corrected chi connectivity index (χ4v) is 5.18. The number of hydrogen-bond donors (Lipinski definition) is 4. The molecular weight excluding hydrogens is 500 g/mol. The average molecular weight is 557 g/mol. The predicted molar refractivity (Wildman–Crippen MR) is 152 cm³/mol. The highest BCUT2D eigenvalue weighted by molar-refractivity contribution is 5.69. The third kappa shape index (κ3) is 17.1. The lowest BCUT2D eigenvalue weighted by Crippen LogP contribution is -2.25. The molecule has 6 atom stereocenters. The maximum absolute atomic E-state index is 12.0. The number of hydrogen-bond acceptors (Lipinski definition) is 8. The van der Waals surface area contributed by atoms with Crippen LogP contribution in [0.1, 0.15) is 123 Å². The Kier molecular flexibility index (Phi) is 20.3. The summed E-state index contributed by atoms with van der Waals surface area (Å²) in [4.78, 5) is 23.7. The van der Waals surface area contributed by atoms with Gasteiger partial charge in [0.15, 0.2) is 0 Å². The molecule has 8 heteroatoms. The van der Waals surface area contributed by atoms with Crippen molar-refractivity contribution in [3.63, 3.8) is 0 Å². The van der Waals surface area contributed by atoms with E-state index in [-0.39, 0.29) is 43.4 Å². The molecule has 0 aromatic carbocycles. The number of rotatable bonds is 23. The van der Waals surface area contributed by atoms with Gasteiger partial charge in [-0.2, -0.15) is 0 Å². The van der Waals surface area contributed by atoms with Gasteiger partial charge >= 0.3 is 11.9 Å². The Labute approximate surface area is 236 Å². The minimum absolute atomic E-state index is 0.0271. The van der Waals surface area contributed by atoms with E-state index in [4.69, 9.17) is 9.47 Å². The maximum atomic E-state index is 12.0. The van der Waals surface area contributed by atoms with Crippen LogP contribution in [0.2, 0.25) is 0 Å². The molecule has 0 saturated heterocycles. The Hall–Kier alpha value is -1.48. The lowest BCUT2D eigenvalue weighted by molar-refractivity contribution is -0.152. The van der Waals surface area contributed by atoms with Gasteiger partial charge < -0.3 is 29.9 Å². The molecule has 1 saturated carbocycles. The zero-order valence-electron chi connectivity index (χ0n) is 24.5. The molecule has 39 heavy (non-hydrogen) atoms. The van der Waals surface area contributed by atoms with Crippen molar-refractivity contribution in [3.8, 4) is 0 Å². The summed E-state index contributed by atoms with van der Waals surface area (Å²) in [5.41, 5.74) is 0. The van der Waals surface area contributed by atoms with Crippen LogP contribution in [-0.4, -0.2) is 70.0 Å². The van der Waals surface area contributed by atoms with E-state index in [0.29, 0.717) is 25.7 Å². The lowest BCUT2D eigenvalue weighted by atomic mass is 9.88. The summed E-state index contributed by atoms with van der Waals surface area (Å²) in [5.74, 6) is -0.889. The molecule has 0 heterocycles. The Morgan fingerprint density at radius 1 is 0.769 bits per heavy atom. The molecule has 0 amide bonds. The van der Waals surface area contributed by atoms with Gasteiger partial charge in [-0.1, -0.05) is 90.2 Å². The van der Waals surface area contributed by atoms with Gasteiger partial charge in [0, 0.05) is 25.2 Å².